The molecule has 0 saturated carbocycles. The van der Waals surface area contributed by atoms with E-state index in [2.05, 4.69) is 21.1 Å². The number of thioether (sulfide) groups is 1. The Morgan fingerprint density at radius 1 is 1.26 bits per heavy atom. The largest absolute Gasteiger partial charge is 0.382 e. The Morgan fingerprint density at radius 3 is 2.70 bits per heavy atom. The highest BCUT2D eigenvalue weighted by Gasteiger charge is 2.13. The van der Waals surface area contributed by atoms with Gasteiger partial charge in [0.25, 0.3) is 0 Å². The smallest absolute Gasteiger partial charge is 0.209 e. The third-order valence-corrected chi connectivity index (χ3v) is 5.43. The molecule has 2 heterocycles. The van der Waals surface area contributed by atoms with Crippen LogP contribution in [-0.4, -0.2) is 32.0 Å². The molecule has 1 atom stereocenters. The lowest BCUT2D eigenvalue weighted by atomic mass is 10.0. The summed E-state index contributed by atoms with van der Waals surface area (Å²) < 4.78 is 25.2. The molecule has 2 N–H and O–H groups in total. The summed E-state index contributed by atoms with van der Waals surface area (Å²) >= 11 is 1.77. The molecule has 0 aliphatic carbocycles. The second kappa shape index (κ2) is 6.51. The van der Waals surface area contributed by atoms with Gasteiger partial charge in [-0.2, -0.15) is 0 Å². The van der Waals surface area contributed by atoms with Crippen molar-refractivity contribution in [3.8, 4) is 11.1 Å². The molecular formula is C16H19N3O2S2. The van der Waals surface area contributed by atoms with E-state index in [1.54, 1.807) is 11.8 Å². The third kappa shape index (κ3) is 4.04. The standard InChI is InChI=1S/C16H19N3O2S2/c1-11(19-23(2,20)21)12-3-5-13(6-4-12)14-9-15-16(18-10-14)22-8-7-17-15/h3-6,9-11,17,19H,7-8H2,1-2H3/t11-/m0/s1. The number of hydrogen-bond acceptors (Lipinski definition) is 5. The molecule has 0 saturated heterocycles. The van der Waals surface area contributed by atoms with Crippen LogP contribution in [-0.2, 0) is 10.0 Å². The Labute approximate surface area is 141 Å². The zero-order chi connectivity index (χ0) is 16.4. The molecule has 0 fully saturated rings. The lowest BCUT2D eigenvalue weighted by molar-refractivity contribution is 0.573. The van der Waals surface area contributed by atoms with Gasteiger partial charge in [0.05, 0.1) is 11.9 Å². The summed E-state index contributed by atoms with van der Waals surface area (Å²) in [6, 6.07) is 9.74. The van der Waals surface area contributed by atoms with Crippen molar-refractivity contribution in [2.75, 3.05) is 23.9 Å². The van der Waals surface area contributed by atoms with E-state index in [9.17, 15) is 8.42 Å². The Balaban J connectivity index is 1.82. The van der Waals surface area contributed by atoms with Gasteiger partial charge in [-0.25, -0.2) is 18.1 Å². The topological polar surface area (TPSA) is 71.1 Å². The first-order valence-corrected chi connectivity index (χ1v) is 10.2. The fraction of sp³-hybridized carbons (Fsp3) is 0.312. The van der Waals surface area contributed by atoms with Gasteiger partial charge in [-0.1, -0.05) is 24.3 Å². The van der Waals surface area contributed by atoms with Gasteiger partial charge in [-0.05, 0) is 24.1 Å². The lowest BCUT2D eigenvalue weighted by Crippen LogP contribution is -2.25. The molecule has 0 amide bonds. The van der Waals surface area contributed by atoms with E-state index in [-0.39, 0.29) is 6.04 Å². The molecule has 0 spiro atoms. The van der Waals surface area contributed by atoms with Crippen LogP contribution in [0, 0.1) is 0 Å². The van der Waals surface area contributed by atoms with E-state index in [0.29, 0.717) is 0 Å². The number of nitrogens with zero attached hydrogens (tertiary/aromatic N) is 1. The molecule has 7 heteroatoms. The highest BCUT2D eigenvalue weighted by molar-refractivity contribution is 7.99. The molecule has 0 unspecified atom stereocenters. The Morgan fingerprint density at radius 2 is 2.00 bits per heavy atom. The Kier molecular flexibility index (Phi) is 4.61. The zero-order valence-electron chi connectivity index (χ0n) is 13.0. The molecule has 0 bridgehead atoms. The number of fused-ring (bicyclic) bond motifs is 1. The van der Waals surface area contributed by atoms with Crippen molar-refractivity contribution < 1.29 is 8.42 Å². The van der Waals surface area contributed by atoms with Crippen LogP contribution in [0.5, 0.6) is 0 Å². The molecular weight excluding hydrogens is 330 g/mol. The minimum atomic E-state index is -3.21. The van der Waals surface area contributed by atoms with Crippen LogP contribution in [0.3, 0.4) is 0 Å². The van der Waals surface area contributed by atoms with Crippen LogP contribution < -0.4 is 10.0 Å². The minimum Gasteiger partial charge on any atom is -0.382 e. The maximum absolute atomic E-state index is 11.3. The first-order chi connectivity index (χ1) is 10.9. The van der Waals surface area contributed by atoms with Crippen LogP contribution in [0.1, 0.15) is 18.5 Å². The molecule has 3 rings (SSSR count). The molecule has 1 aromatic heterocycles. The fourth-order valence-corrected chi connectivity index (χ4v) is 4.13. The van der Waals surface area contributed by atoms with E-state index < -0.39 is 10.0 Å². The highest BCUT2D eigenvalue weighted by atomic mass is 32.2. The van der Waals surface area contributed by atoms with Crippen LogP contribution in [0.15, 0.2) is 41.6 Å². The molecule has 1 aliphatic heterocycles. The maximum atomic E-state index is 11.3. The van der Waals surface area contributed by atoms with Crippen LogP contribution in [0.4, 0.5) is 5.69 Å². The number of aromatic nitrogens is 1. The number of rotatable bonds is 4. The van der Waals surface area contributed by atoms with Gasteiger partial charge in [-0.3, -0.25) is 0 Å². The predicted octanol–water partition coefficient (Wildman–Crippen LogP) is 2.88. The molecule has 1 aliphatic rings. The number of sulfonamides is 1. The van der Waals surface area contributed by atoms with Crippen molar-refractivity contribution in [1.82, 2.24) is 9.71 Å². The number of benzene rings is 1. The minimum absolute atomic E-state index is 0.251. The van der Waals surface area contributed by atoms with Gasteiger partial charge in [0, 0.05) is 30.1 Å². The zero-order valence-corrected chi connectivity index (χ0v) is 14.7. The SMILES string of the molecule is C[C@H](NS(C)(=O)=O)c1ccc(-c2cnc3c(c2)NCCS3)cc1. The molecule has 122 valence electrons. The summed E-state index contributed by atoms with van der Waals surface area (Å²) in [4.78, 5) is 4.51. The lowest BCUT2D eigenvalue weighted by Gasteiger charge is -2.17. The molecule has 0 radical (unpaired) electrons. The first-order valence-electron chi connectivity index (χ1n) is 7.37. The van der Waals surface area contributed by atoms with Gasteiger partial charge in [0.1, 0.15) is 5.03 Å². The maximum Gasteiger partial charge on any atom is 0.209 e. The van der Waals surface area contributed by atoms with E-state index in [1.807, 2.05) is 37.4 Å². The third-order valence-electron chi connectivity index (χ3n) is 3.64. The second-order valence-corrected chi connectivity index (χ2v) is 8.45. The summed E-state index contributed by atoms with van der Waals surface area (Å²) in [6.07, 6.45) is 3.05. The monoisotopic (exact) mass is 349 g/mol. The number of hydrogen-bond donors (Lipinski definition) is 2. The average molecular weight is 349 g/mol. The number of anilines is 1. The normalized spacial score (nSPS) is 15.6. The van der Waals surface area contributed by atoms with Gasteiger partial charge in [0.2, 0.25) is 10.0 Å². The second-order valence-electron chi connectivity index (χ2n) is 5.59. The van der Waals surface area contributed by atoms with Crippen molar-refractivity contribution in [3.05, 3.63) is 42.1 Å². The van der Waals surface area contributed by atoms with Crippen molar-refractivity contribution in [3.63, 3.8) is 0 Å². The summed E-state index contributed by atoms with van der Waals surface area (Å²) in [5, 5.41) is 4.41. The van der Waals surface area contributed by atoms with E-state index in [1.165, 1.54) is 6.26 Å². The van der Waals surface area contributed by atoms with E-state index >= 15 is 0 Å². The van der Waals surface area contributed by atoms with Crippen molar-refractivity contribution in [1.29, 1.82) is 0 Å². The molecule has 23 heavy (non-hydrogen) atoms. The van der Waals surface area contributed by atoms with Crippen LogP contribution in [0.2, 0.25) is 0 Å². The first kappa shape index (κ1) is 16.3. The summed E-state index contributed by atoms with van der Waals surface area (Å²) in [5.74, 6) is 1.04. The summed E-state index contributed by atoms with van der Waals surface area (Å²) in [6.45, 7) is 2.79. The quantitative estimate of drug-likeness (QED) is 0.888. The Bertz CT molecular complexity index is 805. The van der Waals surface area contributed by atoms with Gasteiger partial charge in [-0.15, -0.1) is 11.8 Å². The number of nitrogens with one attached hydrogen (secondary N) is 2. The molecule has 2 aromatic rings. The Hall–Kier alpha value is -1.57. The van der Waals surface area contributed by atoms with Crippen LogP contribution >= 0.6 is 11.8 Å². The average Bonchev–Trinajstić information content (AvgIpc) is 2.53. The summed E-state index contributed by atoms with van der Waals surface area (Å²) in [5.41, 5.74) is 4.12. The van der Waals surface area contributed by atoms with Crippen molar-refractivity contribution in [2.45, 2.75) is 18.0 Å². The molecule has 5 nitrogen and oxygen atoms in total. The predicted molar refractivity (Wildman–Crippen MR) is 95.3 cm³/mol. The fourth-order valence-electron chi connectivity index (χ4n) is 2.54. The van der Waals surface area contributed by atoms with Crippen molar-refractivity contribution in [2.24, 2.45) is 0 Å². The summed E-state index contributed by atoms with van der Waals surface area (Å²) in [7, 11) is -3.21. The molecule has 1 aromatic carbocycles. The highest BCUT2D eigenvalue weighted by Crippen LogP contribution is 2.32. The number of pyridine rings is 1. The van der Waals surface area contributed by atoms with E-state index in [4.69, 9.17) is 0 Å². The van der Waals surface area contributed by atoms with Crippen LogP contribution in [0.25, 0.3) is 11.1 Å². The van der Waals surface area contributed by atoms with Gasteiger partial charge in [0.15, 0.2) is 0 Å². The van der Waals surface area contributed by atoms with Gasteiger partial charge >= 0.3 is 0 Å². The van der Waals surface area contributed by atoms with E-state index in [0.717, 1.165) is 39.7 Å². The van der Waals surface area contributed by atoms with Gasteiger partial charge < -0.3 is 5.32 Å². The van der Waals surface area contributed by atoms with Crippen molar-refractivity contribution >= 4 is 27.5 Å².